The molecule has 1 unspecified atom stereocenters. The van der Waals surface area contributed by atoms with Crippen LogP contribution in [0.5, 0.6) is 0 Å². The molecule has 3 N–H and O–H groups in total. The number of benzene rings is 1. The third-order valence-corrected chi connectivity index (χ3v) is 4.70. The summed E-state index contributed by atoms with van der Waals surface area (Å²) < 4.78 is 7.24. The smallest absolute Gasteiger partial charge is 0.0875 e. The summed E-state index contributed by atoms with van der Waals surface area (Å²) in [5.41, 5.74) is 6.41. The highest BCUT2D eigenvalue weighted by Gasteiger charge is 2.56. The minimum Gasteiger partial charge on any atom is -0.374 e. The van der Waals surface area contributed by atoms with Gasteiger partial charge < -0.3 is 15.8 Å². The zero-order chi connectivity index (χ0) is 14.3. The topological polar surface area (TPSA) is 47.3 Å². The number of para-hydroxylation sites is 1. The van der Waals surface area contributed by atoms with Gasteiger partial charge >= 0.3 is 0 Å². The molecule has 1 aliphatic heterocycles. The van der Waals surface area contributed by atoms with Crippen molar-refractivity contribution in [3.63, 3.8) is 0 Å². The molecule has 1 aromatic rings. The van der Waals surface area contributed by atoms with E-state index in [9.17, 15) is 0 Å². The van der Waals surface area contributed by atoms with Crippen LogP contribution in [-0.4, -0.2) is 23.3 Å². The van der Waals surface area contributed by atoms with Crippen LogP contribution in [0.15, 0.2) is 28.7 Å². The highest BCUT2D eigenvalue weighted by Crippen LogP contribution is 2.46. The number of hydrogen-bond donors (Lipinski definition) is 2. The van der Waals surface area contributed by atoms with Crippen molar-refractivity contribution in [1.82, 2.24) is 0 Å². The second kappa shape index (κ2) is 4.76. The molecule has 1 heterocycles. The Hall–Kier alpha value is -0.580. The average molecular weight is 327 g/mol. The molecule has 2 rings (SSSR count). The Balaban J connectivity index is 2.37. The summed E-state index contributed by atoms with van der Waals surface area (Å²) in [5, 5.41) is 3.62. The van der Waals surface area contributed by atoms with E-state index in [2.05, 4.69) is 55.0 Å². The SMILES string of the molecule is CC1(C)CC(CN)(Nc2ccccc2Br)C(C)(C)O1. The number of halogens is 1. The minimum absolute atomic E-state index is 0.170. The first-order valence-electron chi connectivity index (χ1n) is 6.64. The lowest BCUT2D eigenvalue weighted by Crippen LogP contribution is -2.57. The van der Waals surface area contributed by atoms with Crippen molar-refractivity contribution in [3.05, 3.63) is 28.7 Å². The van der Waals surface area contributed by atoms with Crippen LogP contribution in [-0.2, 0) is 4.74 Å². The Morgan fingerprint density at radius 2 is 1.89 bits per heavy atom. The number of ether oxygens (including phenoxy) is 1. The van der Waals surface area contributed by atoms with Crippen LogP contribution < -0.4 is 11.1 Å². The monoisotopic (exact) mass is 326 g/mol. The number of rotatable bonds is 3. The molecule has 19 heavy (non-hydrogen) atoms. The molecule has 1 aliphatic rings. The van der Waals surface area contributed by atoms with E-state index in [4.69, 9.17) is 10.5 Å². The van der Waals surface area contributed by atoms with E-state index in [0.717, 1.165) is 16.6 Å². The van der Waals surface area contributed by atoms with Crippen molar-refractivity contribution >= 4 is 21.6 Å². The van der Waals surface area contributed by atoms with Gasteiger partial charge in [0.1, 0.15) is 0 Å². The number of anilines is 1. The summed E-state index contributed by atoms with van der Waals surface area (Å²) in [6, 6.07) is 8.11. The zero-order valence-corrected chi connectivity index (χ0v) is 13.7. The maximum Gasteiger partial charge on any atom is 0.0875 e. The lowest BCUT2D eigenvalue weighted by atomic mass is 9.78. The molecule has 1 atom stereocenters. The molecule has 0 amide bonds. The summed E-state index contributed by atoms with van der Waals surface area (Å²) >= 11 is 3.58. The molecule has 0 saturated carbocycles. The summed E-state index contributed by atoms with van der Waals surface area (Å²) in [5.74, 6) is 0. The average Bonchev–Trinajstić information content (AvgIpc) is 2.47. The van der Waals surface area contributed by atoms with Gasteiger partial charge in [-0.15, -0.1) is 0 Å². The standard InChI is InChI=1S/C15H23BrN2O/c1-13(2)9-15(10-17,14(3,4)19-13)18-12-8-6-5-7-11(12)16/h5-8,18H,9-10,17H2,1-4H3. The summed E-state index contributed by atoms with van der Waals surface area (Å²) in [6.07, 6.45) is 0.880. The van der Waals surface area contributed by atoms with Crippen molar-refractivity contribution in [2.45, 2.75) is 50.9 Å². The predicted molar refractivity (Wildman–Crippen MR) is 83.4 cm³/mol. The van der Waals surface area contributed by atoms with Gasteiger partial charge in [-0.25, -0.2) is 0 Å². The third kappa shape index (κ3) is 2.67. The largest absolute Gasteiger partial charge is 0.374 e. The van der Waals surface area contributed by atoms with Gasteiger partial charge in [-0.05, 0) is 55.8 Å². The predicted octanol–water partition coefficient (Wildman–Crippen LogP) is 3.54. The third-order valence-electron chi connectivity index (χ3n) is 4.01. The fourth-order valence-corrected chi connectivity index (χ4v) is 3.53. The molecule has 0 spiro atoms. The van der Waals surface area contributed by atoms with Crippen LogP contribution in [0.3, 0.4) is 0 Å². The van der Waals surface area contributed by atoms with E-state index in [1.54, 1.807) is 0 Å². The van der Waals surface area contributed by atoms with Crippen LogP contribution in [0.25, 0.3) is 0 Å². The molecule has 0 bridgehead atoms. The van der Waals surface area contributed by atoms with Crippen molar-refractivity contribution in [2.75, 3.05) is 11.9 Å². The Labute approximate surface area is 124 Å². The van der Waals surface area contributed by atoms with Crippen LogP contribution in [0.4, 0.5) is 5.69 Å². The van der Waals surface area contributed by atoms with Gasteiger partial charge in [0.2, 0.25) is 0 Å². The van der Waals surface area contributed by atoms with Crippen molar-refractivity contribution in [2.24, 2.45) is 5.73 Å². The van der Waals surface area contributed by atoms with Crippen molar-refractivity contribution in [3.8, 4) is 0 Å². The van der Waals surface area contributed by atoms with E-state index >= 15 is 0 Å². The van der Waals surface area contributed by atoms with Crippen LogP contribution in [0.1, 0.15) is 34.1 Å². The fourth-order valence-electron chi connectivity index (χ4n) is 3.15. The minimum atomic E-state index is -0.319. The Morgan fingerprint density at radius 3 is 2.37 bits per heavy atom. The maximum atomic E-state index is 6.20. The molecule has 1 aromatic carbocycles. The van der Waals surface area contributed by atoms with E-state index in [1.807, 2.05) is 18.2 Å². The van der Waals surface area contributed by atoms with Gasteiger partial charge in [0.05, 0.1) is 16.7 Å². The Morgan fingerprint density at radius 1 is 1.26 bits per heavy atom. The second-order valence-electron chi connectivity index (χ2n) is 6.44. The first-order valence-corrected chi connectivity index (χ1v) is 7.44. The normalized spacial score (nSPS) is 28.3. The molecular formula is C15H23BrN2O. The number of hydrogen-bond acceptors (Lipinski definition) is 3. The van der Waals surface area contributed by atoms with Crippen molar-refractivity contribution < 1.29 is 4.74 Å². The first-order chi connectivity index (χ1) is 8.71. The molecule has 0 aromatic heterocycles. The number of nitrogens with one attached hydrogen (secondary N) is 1. The quantitative estimate of drug-likeness (QED) is 0.893. The van der Waals surface area contributed by atoms with Crippen LogP contribution in [0, 0.1) is 0 Å². The van der Waals surface area contributed by atoms with Gasteiger partial charge in [0, 0.05) is 23.1 Å². The Kier molecular flexibility index (Phi) is 3.71. The fraction of sp³-hybridized carbons (Fsp3) is 0.600. The lowest BCUT2D eigenvalue weighted by molar-refractivity contribution is -0.0753. The molecule has 1 fully saturated rings. The molecule has 3 nitrogen and oxygen atoms in total. The Bertz CT molecular complexity index is 473. The summed E-state index contributed by atoms with van der Waals surface area (Å²) in [7, 11) is 0. The summed E-state index contributed by atoms with van der Waals surface area (Å²) in [4.78, 5) is 0. The molecule has 0 aliphatic carbocycles. The van der Waals surface area contributed by atoms with Crippen LogP contribution >= 0.6 is 15.9 Å². The zero-order valence-electron chi connectivity index (χ0n) is 12.1. The van der Waals surface area contributed by atoms with E-state index in [1.165, 1.54) is 0 Å². The molecule has 106 valence electrons. The highest BCUT2D eigenvalue weighted by molar-refractivity contribution is 9.10. The second-order valence-corrected chi connectivity index (χ2v) is 7.29. The molecule has 1 saturated heterocycles. The van der Waals surface area contributed by atoms with E-state index < -0.39 is 0 Å². The molecule has 4 heteroatoms. The molecular weight excluding hydrogens is 304 g/mol. The van der Waals surface area contributed by atoms with E-state index in [-0.39, 0.29) is 16.7 Å². The first kappa shape index (κ1) is 14.8. The van der Waals surface area contributed by atoms with Crippen LogP contribution in [0.2, 0.25) is 0 Å². The van der Waals surface area contributed by atoms with Crippen molar-refractivity contribution in [1.29, 1.82) is 0 Å². The lowest BCUT2D eigenvalue weighted by Gasteiger charge is -2.40. The highest BCUT2D eigenvalue weighted by atomic mass is 79.9. The molecule has 0 radical (unpaired) electrons. The van der Waals surface area contributed by atoms with Gasteiger partial charge in [-0.1, -0.05) is 12.1 Å². The van der Waals surface area contributed by atoms with Gasteiger partial charge in [-0.3, -0.25) is 0 Å². The van der Waals surface area contributed by atoms with Gasteiger partial charge in [0.25, 0.3) is 0 Å². The number of nitrogens with two attached hydrogens (primary N) is 1. The van der Waals surface area contributed by atoms with E-state index in [0.29, 0.717) is 6.54 Å². The summed E-state index contributed by atoms with van der Waals surface area (Å²) in [6.45, 7) is 8.99. The maximum absolute atomic E-state index is 6.20. The van der Waals surface area contributed by atoms with Gasteiger partial charge in [0.15, 0.2) is 0 Å². The van der Waals surface area contributed by atoms with Gasteiger partial charge in [-0.2, -0.15) is 0 Å².